The summed E-state index contributed by atoms with van der Waals surface area (Å²) in [7, 11) is 0. The van der Waals surface area contributed by atoms with Gasteiger partial charge in [-0.3, -0.25) is 0 Å². The van der Waals surface area contributed by atoms with E-state index < -0.39 is 0 Å². The fourth-order valence-electron chi connectivity index (χ4n) is 4.79. The van der Waals surface area contributed by atoms with Gasteiger partial charge in [0.1, 0.15) is 0 Å². The van der Waals surface area contributed by atoms with Crippen molar-refractivity contribution in [3.8, 4) is 0 Å². The first-order chi connectivity index (χ1) is 9.12. The van der Waals surface area contributed by atoms with E-state index >= 15 is 0 Å². The van der Waals surface area contributed by atoms with Crippen LogP contribution in [0.3, 0.4) is 0 Å². The summed E-state index contributed by atoms with van der Waals surface area (Å²) in [6.07, 6.45) is 10.3. The minimum atomic E-state index is 0.952. The molecule has 0 heterocycles. The summed E-state index contributed by atoms with van der Waals surface area (Å²) in [6.45, 7) is 12.2. The fraction of sp³-hybridized carbons (Fsp3) is 1.00. The first-order valence-corrected chi connectivity index (χ1v) is 9.12. The van der Waals surface area contributed by atoms with Crippen molar-refractivity contribution < 1.29 is 0 Å². The second-order valence-electron chi connectivity index (χ2n) is 7.78. The van der Waals surface area contributed by atoms with Gasteiger partial charge in [0.05, 0.1) is 0 Å². The van der Waals surface area contributed by atoms with Crippen molar-refractivity contribution in [3.63, 3.8) is 0 Å². The van der Waals surface area contributed by atoms with E-state index in [1.165, 1.54) is 32.1 Å². The summed E-state index contributed by atoms with van der Waals surface area (Å²) in [5.74, 6) is 7.42. The van der Waals surface area contributed by atoms with Crippen LogP contribution in [-0.4, -0.2) is 0 Å². The number of rotatable bonds is 9. The highest BCUT2D eigenvalue weighted by Crippen LogP contribution is 2.61. The Hall–Kier alpha value is 0. The van der Waals surface area contributed by atoms with Gasteiger partial charge in [0.25, 0.3) is 0 Å². The van der Waals surface area contributed by atoms with Gasteiger partial charge in [0, 0.05) is 0 Å². The zero-order valence-electron chi connectivity index (χ0n) is 14.0. The van der Waals surface area contributed by atoms with Crippen LogP contribution in [0.4, 0.5) is 0 Å². The second-order valence-corrected chi connectivity index (χ2v) is 7.78. The Balaban J connectivity index is 1.79. The molecule has 112 valence electrons. The molecule has 0 N–H and O–H groups in total. The molecule has 0 bridgehead atoms. The van der Waals surface area contributed by atoms with Crippen LogP contribution < -0.4 is 0 Å². The highest BCUT2D eigenvalue weighted by Gasteiger charge is 2.53. The van der Waals surface area contributed by atoms with E-state index in [9.17, 15) is 0 Å². The molecular formula is C19H36. The van der Waals surface area contributed by atoms with E-state index in [-0.39, 0.29) is 0 Å². The molecule has 2 saturated carbocycles. The van der Waals surface area contributed by atoms with Crippen LogP contribution in [0.2, 0.25) is 0 Å². The van der Waals surface area contributed by atoms with E-state index in [0.717, 1.165) is 41.4 Å². The third kappa shape index (κ3) is 3.76. The highest BCUT2D eigenvalue weighted by molar-refractivity contribution is 5.02. The summed E-state index contributed by atoms with van der Waals surface area (Å²) in [5.41, 5.74) is 0. The molecule has 7 unspecified atom stereocenters. The number of hydrogen-bond acceptors (Lipinski definition) is 0. The van der Waals surface area contributed by atoms with Gasteiger partial charge in [-0.2, -0.15) is 0 Å². The molecular weight excluding hydrogens is 228 g/mol. The summed E-state index contributed by atoms with van der Waals surface area (Å²) in [5, 5.41) is 0. The first-order valence-electron chi connectivity index (χ1n) is 9.12. The van der Waals surface area contributed by atoms with Gasteiger partial charge >= 0.3 is 0 Å². The van der Waals surface area contributed by atoms with Gasteiger partial charge in [-0.1, -0.05) is 60.3 Å². The van der Waals surface area contributed by atoms with Crippen LogP contribution in [0.1, 0.15) is 79.6 Å². The third-order valence-corrected chi connectivity index (χ3v) is 6.41. The Morgan fingerprint density at radius 3 is 2.16 bits per heavy atom. The summed E-state index contributed by atoms with van der Waals surface area (Å²) < 4.78 is 0. The second kappa shape index (κ2) is 6.64. The van der Waals surface area contributed by atoms with E-state index in [1.54, 1.807) is 12.8 Å². The molecule has 19 heavy (non-hydrogen) atoms. The van der Waals surface area contributed by atoms with Crippen molar-refractivity contribution >= 4 is 0 Å². The molecule has 0 heteroatoms. The standard InChI is InChI=1S/C19H36/c1-6-9-15(7-2)13(4)10-16(8-3)18-12-19(18)17-11-14(17)5/h13-19H,6-12H2,1-5H3. The quantitative estimate of drug-likeness (QED) is 0.468. The van der Waals surface area contributed by atoms with Crippen LogP contribution in [0.5, 0.6) is 0 Å². The predicted octanol–water partition coefficient (Wildman–Crippen LogP) is 6.16. The lowest BCUT2D eigenvalue weighted by molar-refractivity contribution is 0.239. The monoisotopic (exact) mass is 264 g/mol. The molecule has 2 rings (SSSR count). The molecule has 0 radical (unpaired) electrons. The first kappa shape index (κ1) is 15.4. The maximum Gasteiger partial charge on any atom is -0.0349 e. The minimum Gasteiger partial charge on any atom is -0.0654 e. The Morgan fingerprint density at radius 2 is 1.68 bits per heavy atom. The summed E-state index contributed by atoms with van der Waals surface area (Å²) in [4.78, 5) is 0. The van der Waals surface area contributed by atoms with Crippen LogP contribution >= 0.6 is 0 Å². The van der Waals surface area contributed by atoms with Gasteiger partial charge in [-0.05, 0) is 60.7 Å². The largest absolute Gasteiger partial charge is 0.0654 e. The maximum atomic E-state index is 2.53. The van der Waals surface area contributed by atoms with Crippen molar-refractivity contribution in [1.82, 2.24) is 0 Å². The molecule has 0 spiro atoms. The molecule has 2 aliphatic rings. The average Bonchev–Trinajstić information content (AvgIpc) is 3.28. The molecule has 0 saturated heterocycles. The molecule has 0 aromatic rings. The molecule has 0 nitrogen and oxygen atoms in total. The van der Waals surface area contributed by atoms with Gasteiger partial charge < -0.3 is 0 Å². The molecule has 0 aromatic heterocycles. The van der Waals surface area contributed by atoms with E-state index in [2.05, 4.69) is 34.6 Å². The van der Waals surface area contributed by atoms with Crippen LogP contribution in [-0.2, 0) is 0 Å². The molecule has 2 aliphatic carbocycles. The van der Waals surface area contributed by atoms with Crippen molar-refractivity contribution in [3.05, 3.63) is 0 Å². The zero-order chi connectivity index (χ0) is 14.0. The van der Waals surface area contributed by atoms with Gasteiger partial charge in [0.15, 0.2) is 0 Å². The Kier molecular flexibility index (Phi) is 5.37. The predicted molar refractivity (Wildman–Crippen MR) is 85.1 cm³/mol. The molecule has 0 amide bonds. The van der Waals surface area contributed by atoms with Crippen molar-refractivity contribution in [1.29, 1.82) is 0 Å². The smallest absolute Gasteiger partial charge is 0.0349 e. The summed E-state index contributed by atoms with van der Waals surface area (Å²) in [6, 6.07) is 0. The Bertz CT molecular complexity index is 269. The zero-order valence-corrected chi connectivity index (χ0v) is 14.0. The molecule has 7 atom stereocenters. The maximum absolute atomic E-state index is 2.53. The van der Waals surface area contributed by atoms with Crippen LogP contribution in [0.25, 0.3) is 0 Å². The minimum absolute atomic E-state index is 0.952. The normalized spacial score (nSPS) is 37.7. The highest BCUT2D eigenvalue weighted by atomic mass is 14.6. The SMILES string of the molecule is CCCC(CC)C(C)CC(CC)C1CC1C1CC1C. The lowest BCUT2D eigenvalue weighted by atomic mass is 9.79. The van der Waals surface area contributed by atoms with Crippen LogP contribution in [0, 0.1) is 41.4 Å². The van der Waals surface area contributed by atoms with Crippen LogP contribution in [0.15, 0.2) is 0 Å². The van der Waals surface area contributed by atoms with E-state index in [4.69, 9.17) is 0 Å². The van der Waals surface area contributed by atoms with Crippen molar-refractivity contribution in [2.45, 2.75) is 79.6 Å². The Morgan fingerprint density at radius 1 is 1.00 bits per heavy atom. The lowest BCUT2D eigenvalue weighted by Gasteiger charge is -2.27. The fourth-order valence-corrected chi connectivity index (χ4v) is 4.79. The molecule has 0 aliphatic heterocycles. The van der Waals surface area contributed by atoms with Crippen molar-refractivity contribution in [2.75, 3.05) is 0 Å². The average molecular weight is 264 g/mol. The third-order valence-electron chi connectivity index (χ3n) is 6.41. The summed E-state index contributed by atoms with van der Waals surface area (Å²) >= 11 is 0. The van der Waals surface area contributed by atoms with E-state index in [1.807, 2.05) is 0 Å². The molecule has 2 fully saturated rings. The van der Waals surface area contributed by atoms with E-state index in [0.29, 0.717) is 0 Å². The lowest BCUT2D eigenvalue weighted by Crippen LogP contribution is -2.17. The van der Waals surface area contributed by atoms with Gasteiger partial charge in [-0.15, -0.1) is 0 Å². The Labute approximate surface area is 121 Å². The molecule has 0 aromatic carbocycles. The number of hydrogen-bond donors (Lipinski definition) is 0. The van der Waals surface area contributed by atoms with Gasteiger partial charge in [-0.25, -0.2) is 0 Å². The topological polar surface area (TPSA) is 0 Å². The van der Waals surface area contributed by atoms with Crippen molar-refractivity contribution in [2.24, 2.45) is 41.4 Å². The van der Waals surface area contributed by atoms with Gasteiger partial charge in [0.2, 0.25) is 0 Å².